The van der Waals surface area contributed by atoms with Crippen molar-refractivity contribution in [3.05, 3.63) is 40.3 Å². The molecule has 1 heterocycles. The molecular weight excluding hydrogens is 256 g/mol. The molecular formula is C11H8N2O4S. The van der Waals surface area contributed by atoms with Gasteiger partial charge in [0.2, 0.25) is 0 Å². The van der Waals surface area contributed by atoms with Crippen molar-refractivity contribution in [3.63, 3.8) is 0 Å². The van der Waals surface area contributed by atoms with Gasteiger partial charge in [0.05, 0.1) is 16.8 Å². The Balaban J connectivity index is 2.26. The summed E-state index contributed by atoms with van der Waals surface area (Å²) in [4.78, 5) is 26.3. The monoisotopic (exact) mass is 264 g/mol. The second-order valence-corrected chi connectivity index (χ2v) is 4.08. The van der Waals surface area contributed by atoms with Crippen molar-refractivity contribution in [2.45, 2.75) is 0 Å². The molecule has 0 bridgehead atoms. The Bertz CT molecular complexity index is 595. The maximum absolute atomic E-state index is 11.7. The predicted octanol–water partition coefficient (Wildman–Crippen LogP) is 1.80. The van der Waals surface area contributed by atoms with Gasteiger partial charge in [0.15, 0.2) is 0 Å². The average molecular weight is 264 g/mol. The van der Waals surface area contributed by atoms with Crippen molar-refractivity contribution in [2.24, 2.45) is 0 Å². The zero-order valence-electron chi connectivity index (χ0n) is 8.95. The van der Waals surface area contributed by atoms with Gasteiger partial charge in [-0.3, -0.25) is 4.79 Å². The number of phenolic OH excluding ortho intramolecular Hbond substituents is 1. The number of carbonyl (C=O) groups is 2. The predicted molar refractivity (Wildman–Crippen MR) is 65.1 cm³/mol. The summed E-state index contributed by atoms with van der Waals surface area (Å²) >= 11 is 1.26. The quantitative estimate of drug-likeness (QED) is 0.734. The van der Waals surface area contributed by atoms with Gasteiger partial charge >= 0.3 is 5.97 Å². The molecule has 0 fully saturated rings. The fraction of sp³-hybridized carbons (Fsp3) is 0. The van der Waals surface area contributed by atoms with Crippen LogP contribution >= 0.6 is 11.3 Å². The van der Waals surface area contributed by atoms with Gasteiger partial charge in [-0.1, -0.05) is 0 Å². The van der Waals surface area contributed by atoms with Gasteiger partial charge < -0.3 is 15.5 Å². The van der Waals surface area contributed by atoms with Crippen molar-refractivity contribution in [1.29, 1.82) is 0 Å². The van der Waals surface area contributed by atoms with Gasteiger partial charge in [-0.05, 0) is 18.2 Å². The van der Waals surface area contributed by atoms with E-state index in [1.165, 1.54) is 35.0 Å². The van der Waals surface area contributed by atoms with E-state index >= 15 is 0 Å². The Labute approximate surface area is 106 Å². The second kappa shape index (κ2) is 4.84. The lowest BCUT2D eigenvalue weighted by Gasteiger charge is -2.06. The summed E-state index contributed by atoms with van der Waals surface area (Å²) < 4.78 is 0. The molecule has 2 aromatic rings. The molecule has 1 aromatic heterocycles. The minimum atomic E-state index is -1.14. The number of nitrogens with one attached hydrogen (secondary N) is 1. The highest BCUT2D eigenvalue weighted by molar-refractivity contribution is 7.07. The van der Waals surface area contributed by atoms with E-state index in [0.29, 0.717) is 0 Å². The van der Waals surface area contributed by atoms with Crippen LogP contribution in [0.5, 0.6) is 5.75 Å². The first-order valence-corrected chi connectivity index (χ1v) is 5.78. The number of rotatable bonds is 3. The summed E-state index contributed by atoms with van der Waals surface area (Å²) in [5.41, 5.74) is 1.72. The van der Waals surface area contributed by atoms with Crippen LogP contribution in [0.4, 0.5) is 5.69 Å². The number of aromatic nitrogens is 1. The number of carboxylic acids is 1. The van der Waals surface area contributed by atoms with Gasteiger partial charge in [-0.2, -0.15) is 0 Å². The molecule has 6 nitrogen and oxygen atoms in total. The molecule has 0 unspecified atom stereocenters. The van der Waals surface area contributed by atoms with Crippen LogP contribution in [-0.4, -0.2) is 27.1 Å². The maximum atomic E-state index is 11.7. The van der Waals surface area contributed by atoms with E-state index in [-0.39, 0.29) is 22.7 Å². The molecule has 0 saturated carbocycles. The third-order valence-corrected chi connectivity index (χ3v) is 2.74. The normalized spacial score (nSPS) is 10.0. The molecule has 92 valence electrons. The van der Waals surface area contributed by atoms with E-state index < -0.39 is 11.9 Å². The van der Waals surface area contributed by atoms with Gasteiger partial charge in [0.25, 0.3) is 5.91 Å². The van der Waals surface area contributed by atoms with Crippen LogP contribution in [0.1, 0.15) is 20.8 Å². The van der Waals surface area contributed by atoms with Crippen LogP contribution in [0.25, 0.3) is 0 Å². The first kappa shape index (κ1) is 12.1. The van der Waals surface area contributed by atoms with E-state index in [1.54, 1.807) is 5.38 Å². The summed E-state index contributed by atoms with van der Waals surface area (Å²) in [5.74, 6) is -1.85. The summed E-state index contributed by atoms with van der Waals surface area (Å²) in [6.07, 6.45) is 0. The lowest BCUT2D eigenvalue weighted by molar-refractivity contribution is 0.0696. The largest absolute Gasteiger partial charge is 0.506 e. The average Bonchev–Trinajstić information content (AvgIpc) is 2.85. The SMILES string of the molecule is O=C(O)c1ccc(O)c(NC(=O)c2cscn2)c1. The molecule has 0 aliphatic heterocycles. The Morgan fingerprint density at radius 3 is 2.72 bits per heavy atom. The molecule has 7 heteroatoms. The summed E-state index contributed by atoms with van der Waals surface area (Å²) in [6.45, 7) is 0. The third kappa shape index (κ3) is 2.46. The maximum Gasteiger partial charge on any atom is 0.335 e. The Kier molecular flexibility index (Phi) is 3.24. The van der Waals surface area contributed by atoms with Crippen LogP contribution in [0.2, 0.25) is 0 Å². The lowest BCUT2D eigenvalue weighted by Crippen LogP contribution is -2.12. The number of carbonyl (C=O) groups excluding carboxylic acids is 1. The molecule has 0 saturated heterocycles. The molecule has 1 aromatic carbocycles. The standard InChI is InChI=1S/C11H8N2O4S/c14-9-2-1-6(11(16)17)3-7(9)13-10(15)8-4-18-5-12-8/h1-5,14H,(H,13,15)(H,16,17). The second-order valence-electron chi connectivity index (χ2n) is 3.36. The number of aromatic carboxylic acids is 1. The van der Waals surface area contributed by atoms with Gasteiger partial charge in [-0.25, -0.2) is 9.78 Å². The zero-order valence-corrected chi connectivity index (χ0v) is 9.77. The smallest absolute Gasteiger partial charge is 0.335 e. The number of phenols is 1. The number of amides is 1. The van der Waals surface area contributed by atoms with Crippen LogP contribution in [0.3, 0.4) is 0 Å². The molecule has 0 atom stereocenters. The molecule has 0 aliphatic carbocycles. The first-order valence-electron chi connectivity index (χ1n) is 4.84. The van der Waals surface area contributed by atoms with E-state index in [1.807, 2.05) is 0 Å². The van der Waals surface area contributed by atoms with Crippen molar-refractivity contribution in [2.75, 3.05) is 5.32 Å². The summed E-state index contributed by atoms with van der Waals surface area (Å²) in [5, 5.41) is 22.3. The molecule has 2 rings (SSSR count). The van der Waals surface area contributed by atoms with Gasteiger partial charge in [0.1, 0.15) is 11.4 Å². The van der Waals surface area contributed by atoms with Crippen molar-refractivity contribution in [3.8, 4) is 5.75 Å². The molecule has 1 amide bonds. The molecule has 0 aliphatic rings. The van der Waals surface area contributed by atoms with E-state index in [4.69, 9.17) is 5.11 Å². The molecule has 18 heavy (non-hydrogen) atoms. The molecule has 3 N–H and O–H groups in total. The number of thiazole rings is 1. The number of nitrogens with zero attached hydrogens (tertiary/aromatic N) is 1. The van der Waals surface area contributed by atoms with Crippen LogP contribution in [0, 0.1) is 0 Å². The van der Waals surface area contributed by atoms with Crippen molar-refractivity contribution in [1.82, 2.24) is 4.98 Å². The minimum absolute atomic E-state index is 0.0265. The third-order valence-electron chi connectivity index (χ3n) is 2.16. The Morgan fingerprint density at radius 2 is 2.11 bits per heavy atom. The Morgan fingerprint density at radius 1 is 1.33 bits per heavy atom. The van der Waals surface area contributed by atoms with Crippen molar-refractivity contribution >= 4 is 28.9 Å². The van der Waals surface area contributed by atoms with E-state index in [2.05, 4.69) is 10.3 Å². The number of anilines is 1. The van der Waals surface area contributed by atoms with Crippen LogP contribution in [0.15, 0.2) is 29.1 Å². The molecule has 0 spiro atoms. The zero-order chi connectivity index (χ0) is 13.1. The number of benzene rings is 1. The fourth-order valence-electron chi connectivity index (χ4n) is 1.28. The fourth-order valence-corrected chi connectivity index (χ4v) is 1.81. The van der Waals surface area contributed by atoms with E-state index in [9.17, 15) is 14.7 Å². The Hall–Kier alpha value is -2.41. The molecule has 0 radical (unpaired) electrons. The number of carboxylic acid groups (broad SMARTS) is 1. The summed E-state index contributed by atoms with van der Waals surface area (Å²) in [7, 11) is 0. The first-order chi connectivity index (χ1) is 8.58. The van der Waals surface area contributed by atoms with Crippen LogP contribution < -0.4 is 5.32 Å². The topological polar surface area (TPSA) is 99.5 Å². The highest BCUT2D eigenvalue weighted by Gasteiger charge is 2.12. The highest BCUT2D eigenvalue weighted by atomic mass is 32.1. The van der Waals surface area contributed by atoms with E-state index in [0.717, 1.165) is 0 Å². The summed E-state index contributed by atoms with van der Waals surface area (Å²) in [6, 6.07) is 3.64. The van der Waals surface area contributed by atoms with Gasteiger partial charge in [0, 0.05) is 5.38 Å². The highest BCUT2D eigenvalue weighted by Crippen LogP contribution is 2.24. The lowest BCUT2D eigenvalue weighted by atomic mass is 10.2. The number of hydrogen-bond donors (Lipinski definition) is 3. The number of hydrogen-bond acceptors (Lipinski definition) is 5. The van der Waals surface area contributed by atoms with Crippen molar-refractivity contribution < 1.29 is 19.8 Å². The van der Waals surface area contributed by atoms with Gasteiger partial charge in [-0.15, -0.1) is 11.3 Å². The van der Waals surface area contributed by atoms with Crippen LogP contribution in [-0.2, 0) is 0 Å². The minimum Gasteiger partial charge on any atom is -0.506 e. The number of aromatic hydroxyl groups is 1.